The molecule has 3 rings (SSSR count). The average Bonchev–Trinajstić information content (AvgIpc) is 3.46. The molecule has 2 amide bonds. The fourth-order valence-electron chi connectivity index (χ4n) is 3.16. The largest absolute Gasteiger partial charge is 0.497 e. The smallest absolute Gasteiger partial charge is 0.272 e. The Hall–Kier alpha value is -2.93. The van der Waals surface area contributed by atoms with Gasteiger partial charge < -0.3 is 20.5 Å². The first-order valence-electron chi connectivity index (χ1n) is 8.74. The van der Waals surface area contributed by atoms with Crippen molar-refractivity contribution in [1.29, 1.82) is 0 Å². The molecule has 1 heterocycles. The van der Waals surface area contributed by atoms with Gasteiger partial charge in [0.2, 0.25) is 5.91 Å². The van der Waals surface area contributed by atoms with E-state index in [2.05, 4.69) is 4.98 Å². The number of carbonyl (C=O) groups is 2. The van der Waals surface area contributed by atoms with E-state index >= 15 is 0 Å². The zero-order valence-corrected chi connectivity index (χ0v) is 15.4. The maximum absolute atomic E-state index is 12.8. The van der Waals surface area contributed by atoms with Gasteiger partial charge in [-0.25, -0.2) is 4.98 Å². The van der Waals surface area contributed by atoms with Crippen LogP contribution < -0.4 is 10.5 Å². The average molecular weight is 369 g/mol. The Morgan fingerprint density at radius 2 is 2.11 bits per heavy atom. The molecule has 7 heteroatoms. The summed E-state index contributed by atoms with van der Waals surface area (Å²) in [6, 6.07) is 10.5. The molecule has 1 saturated carbocycles. The molecule has 2 atom stereocenters. The van der Waals surface area contributed by atoms with Crippen LogP contribution in [-0.4, -0.2) is 53.6 Å². The highest BCUT2D eigenvalue weighted by Gasteiger charge is 2.42. The fourth-order valence-corrected chi connectivity index (χ4v) is 3.16. The predicted octanol–water partition coefficient (Wildman–Crippen LogP) is 1.23. The highest BCUT2D eigenvalue weighted by atomic mass is 16.5. The van der Waals surface area contributed by atoms with Crippen LogP contribution >= 0.6 is 0 Å². The summed E-state index contributed by atoms with van der Waals surface area (Å²) < 4.78 is 5.23. The maximum Gasteiger partial charge on any atom is 0.272 e. The number of primary amides is 1. The van der Waals surface area contributed by atoms with Crippen molar-refractivity contribution in [1.82, 2.24) is 9.88 Å². The number of nitrogens with two attached hydrogens (primary N) is 1. The van der Waals surface area contributed by atoms with Gasteiger partial charge in [-0.05, 0) is 36.2 Å². The summed E-state index contributed by atoms with van der Waals surface area (Å²) in [6.07, 6.45) is 1.20. The quantitative estimate of drug-likeness (QED) is 0.764. The second kappa shape index (κ2) is 7.75. The van der Waals surface area contributed by atoms with Crippen molar-refractivity contribution in [2.45, 2.75) is 18.9 Å². The number of amides is 2. The number of hydrogen-bond donors (Lipinski definition) is 2. The standard InChI is InChI=1S/C20H23N3O4/c1-23(18-10-14(18)11-24)20(26)17-9-13(19(21)25)8-15(22-17)6-12-4-3-5-16(7-12)27-2/h3-5,7-9,14,18,24H,6,10-11H2,1-2H3,(H2,21,25). The van der Waals surface area contributed by atoms with Crippen LogP contribution in [0.25, 0.3) is 0 Å². The third kappa shape index (κ3) is 4.25. The van der Waals surface area contributed by atoms with Gasteiger partial charge in [-0.3, -0.25) is 9.59 Å². The summed E-state index contributed by atoms with van der Waals surface area (Å²) >= 11 is 0. The van der Waals surface area contributed by atoms with Crippen LogP contribution in [0.3, 0.4) is 0 Å². The van der Waals surface area contributed by atoms with Gasteiger partial charge >= 0.3 is 0 Å². The van der Waals surface area contributed by atoms with E-state index in [1.807, 2.05) is 24.3 Å². The Morgan fingerprint density at radius 1 is 1.33 bits per heavy atom. The molecule has 1 aromatic heterocycles. The lowest BCUT2D eigenvalue weighted by Gasteiger charge is -2.17. The molecule has 1 aliphatic rings. The number of aromatic nitrogens is 1. The molecule has 0 bridgehead atoms. The first kappa shape index (κ1) is 18.8. The highest BCUT2D eigenvalue weighted by molar-refractivity contribution is 5.98. The second-order valence-corrected chi connectivity index (χ2v) is 6.79. The number of hydrogen-bond acceptors (Lipinski definition) is 5. The van der Waals surface area contributed by atoms with E-state index < -0.39 is 5.91 Å². The molecule has 142 valence electrons. The number of aliphatic hydroxyl groups is 1. The SMILES string of the molecule is COc1cccc(Cc2cc(C(N)=O)cc(C(=O)N(C)C3CC3CO)n2)c1. The van der Waals surface area contributed by atoms with E-state index in [1.54, 1.807) is 25.1 Å². The van der Waals surface area contributed by atoms with Crippen LogP contribution in [0.5, 0.6) is 5.75 Å². The maximum atomic E-state index is 12.8. The molecule has 3 N–H and O–H groups in total. The summed E-state index contributed by atoms with van der Waals surface area (Å²) in [7, 11) is 3.28. The summed E-state index contributed by atoms with van der Waals surface area (Å²) in [6.45, 7) is 0.0537. The minimum Gasteiger partial charge on any atom is -0.497 e. The monoisotopic (exact) mass is 369 g/mol. The molecule has 7 nitrogen and oxygen atoms in total. The topological polar surface area (TPSA) is 106 Å². The van der Waals surface area contributed by atoms with Crippen molar-refractivity contribution >= 4 is 11.8 Å². The molecule has 2 aromatic rings. The normalized spacial score (nSPS) is 18.0. The van der Waals surface area contributed by atoms with Crippen molar-refractivity contribution in [2.24, 2.45) is 11.7 Å². The zero-order valence-electron chi connectivity index (χ0n) is 15.4. The van der Waals surface area contributed by atoms with Crippen LogP contribution in [0, 0.1) is 5.92 Å². The van der Waals surface area contributed by atoms with E-state index in [0.717, 1.165) is 17.7 Å². The molecule has 1 fully saturated rings. The number of rotatable bonds is 7. The van der Waals surface area contributed by atoms with Crippen LogP contribution in [0.1, 0.15) is 38.5 Å². The van der Waals surface area contributed by atoms with Crippen molar-refractivity contribution in [3.05, 3.63) is 58.9 Å². The van der Waals surface area contributed by atoms with Crippen LogP contribution in [0.15, 0.2) is 36.4 Å². The van der Waals surface area contributed by atoms with Gasteiger partial charge in [0.15, 0.2) is 0 Å². The van der Waals surface area contributed by atoms with Gasteiger partial charge in [-0.15, -0.1) is 0 Å². The van der Waals surface area contributed by atoms with Crippen molar-refractivity contribution in [3.63, 3.8) is 0 Å². The second-order valence-electron chi connectivity index (χ2n) is 6.79. The summed E-state index contributed by atoms with van der Waals surface area (Å²) in [5.74, 6) is -0.0699. The molecular weight excluding hydrogens is 346 g/mol. The van der Waals surface area contributed by atoms with Crippen molar-refractivity contribution in [2.75, 3.05) is 20.8 Å². The minimum atomic E-state index is -0.611. The number of nitrogens with zero attached hydrogens (tertiary/aromatic N) is 2. The molecule has 0 spiro atoms. The van der Waals surface area contributed by atoms with E-state index in [9.17, 15) is 14.7 Å². The van der Waals surface area contributed by atoms with Crippen LogP contribution in [0.2, 0.25) is 0 Å². The molecule has 0 aliphatic heterocycles. The third-order valence-corrected chi connectivity index (χ3v) is 4.84. The Bertz CT molecular complexity index is 868. The lowest BCUT2D eigenvalue weighted by molar-refractivity contribution is 0.0766. The lowest BCUT2D eigenvalue weighted by Crippen LogP contribution is -2.31. The fraction of sp³-hybridized carbons (Fsp3) is 0.350. The number of pyridine rings is 1. The molecule has 0 saturated heterocycles. The molecule has 2 unspecified atom stereocenters. The molecule has 0 radical (unpaired) electrons. The van der Waals surface area contributed by atoms with Gasteiger partial charge in [0.25, 0.3) is 5.91 Å². The summed E-state index contributed by atoms with van der Waals surface area (Å²) in [5.41, 5.74) is 7.38. The van der Waals surface area contributed by atoms with E-state index in [4.69, 9.17) is 10.5 Å². The minimum absolute atomic E-state index is 0.00312. The molecule has 27 heavy (non-hydrogen) atoms. The van der Waals surface area contributed by atoms with Gasteiger partial charge in [-0.2, -0.15) is 0 Å². The molecule has 1 aliphatic carbocycles. The summed E-state index contributed by atoms with van der Waals surface area (Å²) in [5, 5.41) is 9.22. The number of benzene rings is 1. The number of methoxy groups -OCH3 is 1. The predicted molar refractivity (Wildman–Crippen MR) is 99.6 cm³/mol. The van der Waals surface area contributed by atoms with Gasteiger partial charge in [0, 0.05) is 43.3 Å². The Morgan fingerprint density at radius 3 is 2.74 bits per heavy atom. The number of ether oxygens (including phenoxy) is 1. The lowest BCUT2D eigenvalue weighted by atomic mass is 10.1. The van der Waals surface area contributed by atoms with E-state index in [-0.39, 0.29) is 35.7 Å². The van der Waals surface area contributed by atoms with Crippen molar-refractivity contribution in [3.8, 4) is 5.75 Å². The Labute approximate surface area is 157 Å². The van der Waals surface area contributed by atoms with E-state index in [0.29, 0.717) is 12.1 Å². The van der Waals surface area contributed by atoms with Gasteiger partial charge in [0.1, 0.15) is 11.4 Å². The molecular formula is C20H23N3O4. The van der Waals surface area contributed by atoms with Crippen molar-refractivity contribution < 1.29 is 19.4 Å². The number of carbonyl (C=O) groups excluding carboxylic acids is 2. The van der Waals surface area contributed by atoms with Gasteiger partial charge in [-0.1, -0.05) is 12.1 Å². The Kier molecular flexibility index (Phi) is 5.41. The highest BCUT2D eigenvalue weighted by Crippen LogP contribution is 2.34. The first-order valence-corrected chi connectivity index (χ1v) is 8.74. The molecule has 1 aromatic carbocycles. The van der Waals surface area contributed by atoms with Crippen LogP contribution in [-0.2, 0) is 6.42 Å². The zero-order chi connectivity index (χ0) is 19.6. The Balaban J connectivity index is 1.88. The van der Waals surface area contributed by atoms with Gasteiger partial charge in [0.05, 0.1) is 7.11 Å². The number of aliphatic hydroxyl groups excluding tert-OH is 1. The summed E-state index contributed by atoms with van der Waals surface area (Å²) in [4.78, 5) is 30.5. The third-order valence-electron chi connectivity index (χ3n) is 4.84. The van der Waals surface area contributed by atoms with E-state index in [1.165, 1.54) is 6.07 Å². The van der Waals surface area contributed by atoms with Crippen LogP contribution in [0.4, 0.5) is 0 Å². The first-order chi connectivity index (χ1) is 12.9.